The number of likely N-dealkylation sites (tertiary alicyclic amines) is 1. The molecule has 1 spiro atoms. The molecule has 2 fully saturated rings. The SMILES string of the molecule is COc1ccc2c3c1O[C@H]1C(=O)[C@@H](C)CC4(OC)[C@@H](C2)N(C)CC[C@]314. The first-order valence-electron chi connectivity index (χ1n) is 9.16. The molecule has 5 nitrogen and oxygen atoms in total. The standard InChI is InChI=1S/C20H25NO4/c1-11-10-20(24-4)14-9-12-5-6-13(23-3)17-15(12)19(20,7-8-21(14)2)18(25-17)16(11)22/h5-6,11,14,18H,7-10H2,1-4H3/t11-,14+,18-,19-,20?/m0/s1. The number of benzene rings is 1. The summed E-state index contributed by atoms with van der Waals surface area (Å²) >= 11 is 0. The highest BCUT2D eigenvalue weighted by molar-refractivity contribution is 5.91. The van der Waals surface area contributed by atoms with Gasteiger partial charge in [0, 0.05) is 24.6 Å². The minimum atomic E-state index is -0.460. The predicted octanol–water partition coefficient (Wildman–Crippen LogP) is 1.95. The summed E-state index contributed by atoms with van der Waals surface area (Å²) in [6, 6.07) is 4.39. The normalized spacial score (nSPS) is 41.3. The van der Waals surface area contributed by atoms with Crippen molar-refractivity contribution in [3.63, 3.8) is 0 Å². The van der Waals surface area contributed by atoms with Gasteiger partial charge in [0.15, 0.2) is 23.4 Å². The van der Waals surface area contributed by atoms with Crippen LogP contribution >= 0.6 is 0 Å². The van der Waals surface area contributed by atoms with Crippen molar-refractivity contribution in [2.24, 2.45) is 5.92 Å². The number of carbonyl (C=O) groups excluding carboxylic acids is 1. The van der Waals surface area contributed by atoms with E-state index in [1.165, 1.54) is 11.1 Å². The fraction of sp³-hybridized carbons (Fsp3) is 0.650. The third-order valence-corrected chi connectivity index (χ3v) is 7.37. The van der Waals surface area contributed by atoms with Crippen molar-refractivity contribution >= 4 is 5.78 Å². The smallest absolute Gasteiger partial charge is 0.177 e. The Bertz CT molecular complexity index is 777. The third-order valence-electron chi connectivity index (χ3n) is 7.37. The monoisotopic (exact) mass is 343 g/mol. The van der Waals surface area contributed by atoms with Crippen molar-refractivity contribution in [1.82, 2.24) is 4.90 Å². The Labute approximate surface area is 148 Å². The van der Waals surface area contributed by atoms with Crippen LogP contribution in [0.4, 0.5) is 0 Å². The molecule has 1 saturated carbocycles. The zero-order valence-corrected chi connectivity index (χ0v) is 15.3. The van der Waals surface area contributed by atoms with Crippen LogP contribution in [0, 0.1) is 5.92 Å². The number of hydrogen-bond donors (Lipinski definition) is 0. The lowest BCUT2D eigenvalue weighted by molar-refractivity contribution is -0.205. The number of nitrogens with zero attached hydrogens (tertiary/aromatic N) is 1. The Kier molecular flexibility index (Phi) is 2.99. The second kappa shape index (κ2) is 4.77. The molecule has 0 N–H and O–H groups in total. The molecule has 5 atom stereocenters. The second-order valence-electron chi connectivity index (χ2n) is 8.15. The summed E-state index contributed by atoms with van der Waals surface area (Å²) in [7, 11) is 5.66. The first kappa shape index (κ1) is 15.6. The van der Waals surface area contributed by atoms with E-state index in [4.69, 9.17) is 14.2 Å². The molecule has 25 heavy (non-hydrogen) atoms. The van der Waals surface area contributed by atoms with Crippen molar-refractivity contribution in [3.05, 3.63) is 23.3 Å². The van der Waals surface area contributed by atoms with Crippen molar-refractivity contribution in [3.8, 4) is 11.5 Å². The fourth-order valence-electron chi connectivity index (χ4n) is 6.32. The molecule has 0 radical (unpaired) electrons. The maximum Gasteiger partial charge on any atom is 0.177 e. The van der Waals surface area contributed by atoms with Crippen molar-refractivity contribution in [1.29, 1.82) is 0 Å². The molecule has 1 unspecified atom stereocenters. The molecule has 1 aromatic carbocycles. The van der Waals surface area contributed by atoms with E-state index in [1.807, 2.05) is 20.1 Å². The van der Waals surface area contributed by atoms with Crippen LogP contribution in [0.3, 0.4) is 0 Å². The van der Waals surface area contributed by atoms with E-state index in [2.05, 4.69) is 18.0 Å². The lowest BCUT2D eigenvalue weighted by Gasteiger charge is -2.64. The Hall–Kier alpha value is -1.59. The first-order chi connectivity index (χ1) is 12.0. The van der Waals surface area contributed by atoms with Crippen molar-refractivity contribution in [2.75, 3.05) is 27.8 Å². The molecular formula is C20H25NO4. The molecule has 1 aromatic rings. The Morgan fingerprint density at radius 1 is 1.32 bits per heavy atom. The van der Waals surface area contributed by atoms with Gasteiger partial charge in [-0.25, -0.2) is 0 Å². The Morgan fingerprint density at radius 3 is 2.84 bits per heavy atom. The number of rotatable bonds is 2. The van der Waals surface area contributed by atoms with Crippen LogP contribution in [0.5, 0.6) is 11.5 Å². The third kappa shape index (κ3) is 1.52. The first-order valence-corrected chi connectivity index (χ1v) is 9.16. The largest absolute Gasteiger partial charge is 0.493 e. The van der Waals surface area contributed by atoms with Gasteiger partial charge >= 0.3 is 0 Å². The highest BCUT2D eigenvalue weighted by Crippen LogP contribution is 2.66. The Balaban J connectivity index is 1.86. The molecule has 134 valence electrons. The van der Waals surface area contributed by atoms with Gasteiger partial charge in [-0.2, -0.15) is 0 Å². The molecular weight excluding hydrogens is 318 g/mol. The maximum absolute atomic E-state index is 13.2. The number of piperidine rings is 1. The molecule has 0 aromatic heterocycles. The number of hydrogen-bond acceptors (Lipinski definition) is 5. The van der Waals surface area contributed by atoms with Gasteiger partial charge in [0.05, 0.1) is 18.1 Å². The van der Waals surface area contributed by atoms with Crippen molar-refractivity contribution in [2.45, 2.75) is 49.3 Å². The average molecular weight is 343 g/mol. The predicted molar refractivity (Wildman–Crippen MR) is 92.4 cm³/mol. The minimum absolute atomic E-state index is 0.0612. The van der Waals surface area contributed by atoms with Crippen LogP contribution in [0.15, 0.2) is 12.1 Å². The summed E-state index contributed by atoms with van der Waals surface area (Å²) in [4.78, 5) is 15.6. The van der Waals surface area contributed by atoms with E-state index in [9.17, 15) is 4.79 Å². The molecule has 0 amide bonds. The van der Waals surface area contributed by atoms with Crippen LogP contribution in [0.2, 0.25) is 0 Å². The lowest BCUT2D eigenvalue weighted by Crippen LogP contribution is -2.77. The van der Waals surface area contributed by atoms with Crippen LogP contribution in [-0.2, 0) is 21.4 Å². The number of Topliss-reactive ketones (excluding diaryl/α,β-unsaturated/α-hetero) is 1. The van der Waals surface area contributed by atoms with E-state index in [0.29, 0.717) is 0 Å². The number of ketones is 1. The number of methoxy groups -OCH3 is 2. The van der Waals surface area contributed by atoms with Gasteiger partial charge in [0.1, 0.15) is 0 Å². The molecule has 2 heterocycles. The quantitative estimate of drug-likeness (QED) is 0.821. The summed E-state index contributed by atoms with van der Waals surface area (Å²) < 4.78 is 18.3. The van der Waals surface area contributed by atoms with Crippen LogP contribution in [0.25, 0.3) is 0 Å². The van der Waals surface area contributed by atoms with E-state index in [-0.39, 0.29) is 28.8 Å². The fourth-order valence-corrected chi connectivity index (χ4v) is 6.32. The molecule has 4 aliphatic rings. The summed E-state index contributed by atoms with van der Waals surface area (Å²) in [5, 5.41) is 0. The van der Waals surface area contributed by atoms with Gasteiger partial charge in [-0.3, -0.25) is 4.79 Å². The molecule has 5 heteroatoms. The van der Waals surface area contributed by atoms with Gasteiger partial charge < -0.3 is 19.1 Å². The number of likely N-dealkylation sites (N-methyl/N-ethyl adjacent to an activating group) is 1. The van der Waals surface area contributed by atoms with Gasteiger partial charge in [-0.05, 0) is 44.5 Å². The summed E-state index contributed by atoms with van der Waals surface area (Å²) in [5.41, 5.74) is 1.69. The van der Waals surface area contributed by atoms with Gasteiger partial charge in [-0.15, -0.1) is 0 Å². The highest BCUT2D eigenvalue weighted by atomic mass is 16.5. The van der Waals surface area contributed by atoms with E-state index >= 15 is 0 Å². The summed E-state index contributed by atoms with van der Waals surface area (Å²) in [6.45, 7) is 2.97. The zero-order chi connectivity index (χ0) is 17.6. The van der Waals surface area contributed by atoms with Crippen LogP contribution in [-0.4, -0.2) is 56.2 Å². The Morgan fingerprint density at radius 2 is 2.12 bits per heavy atom. The molecule has 2 bridgehead atoms. The topological polar surface area (TPSA) is 48.0 Å². The zero-order valence-electron chi connectivity index (χ0n) is 15.3. The van der Waals surface area contributed by atoms with E-state index < -0.39 is 6.10 Å². The summed E-state index contributed by atoms with van der Waals surface area (Å²) in [6.07, 6.45) is 2.10. The van der Waals surface area contributed by atoms with Gasteiger partial charge in [0.25, 0.3) is 0 Å². The van der Waals surface area contributed by atoms with E-state index in [1.54, 1.807) is 7.11 Å². The van der Waals surface area contributed by atoms with Gasteiger partial charge in [0.2, 0.25) is 0 Å². The number of ether oxygens (including phenoxy) is 3. The second-order valence-corrected chi connectivity index (χ2v) is 8.15. The lowest BCUT2D eigenvalue weighted by atomic mass is 9.47. The van der Waals surface area contributed by atoms with Gasteiger partial charge in [-0.1, -0.05) is 13.0 Å². The average Bonchev–Trinajstić information content (AvgIpc) is 2.96. The maximum atomic E-state index is 13.2. The molecule has 1 saturated heterocycles. The summed E-state index contributed by atoms with van der Waals surface area (Å²) in [5.74, 6) is 1.65. The number of carbonyl (C=O) groups is 1. The van der Waals surface area contributed by atoms with Crippen LogP contribution < -0.4 is 9.47 Å². The molecule has 2 aliphatic heterocycles. The highest BCUT2D eigenvalue weighted by Gasteiger charge is 2.74. The molecule has 5 rings (SSSR count). The van der Waals surface area contributed by atoms with E-state index in [0.717, 1.165) is 37.3 Å². The minimum Gasteiger partial charge on any atom is -0.493 e. The van der Waals surface area contributed by atoms with Crippen molar-refractivity contribution < 1.29 is 19.0 Å². The molecule has 2 aliphatic carbocycles. The van der Waals surface area contributed by atoms with Crippen LogP contribution in [0.1, 0.15) is 30.9 Å².